The summed E-state index contributed by atoms with van der Waals surface area (Å²) in [5.74, 6) is -1.42. The Bertz CT molecular complexity index is 338. The van der Waals surface area contributed by atoms with Gasteiger partial charge in [-0.2, -0.15) is 0 Å². The normalized spacial score (nSPS) is 15.5. The molecule has 19 heavy (non-hydrogen) atoms. The van der Waals surface area contributed by atoms with E-state index in [-0.39, 0.29) is 11.7 Å². The van der Waals surface area contributed by atoms with Crippen molar-refractivity contribution in [3.05, 3.63) is 0 Å². The summed E-state index contributed by atoms with van der Waals surface area (Å²) < 4.78 is 4.97. The Morgan fingerprint density at radius 1 is 1.16 bits per heavy atom. The molecule has 0 rings (SSSR count). The second kappa shape index (κ2) is 7.89. The highest BCUT2D eigenvalue weighted by Gasteiger charge is 2.27. The number of ketones is 1. The van der Waals surface area contributed by atoms with Gasteiger partial charge in [0.1, 0.15) is 12.1 Å². The van der Waals surface area contributed by atoms with Crippen molar-refractivity contribution in [3.63, 3.8) is 0 Å². The molecule has 0 unspecified atom stereocenters. The highest BCUT2D eigenvalue weighted by Crippen LogP contribution is 2.08. The van der Waals surface area contributed by atoms with Crippen molar-refractivity contribution in [1.82, 2.24) is 5.32 Å². The third-order valence-electron chi connectivity index (χ3n) is 2.55. The number of Topliss-reactive ketones (excluding diaryl/α,β-unsaturated/α-hetero) is 1. The number of rotatable bonds is 7. The summed E-state index contributed by atoms with van der Waals surface area (Å²) in [4.78, 5) is 34.4. The molecule has 0 aliphatic heterocycles. The minimum atomic E-state index is -1.20. The lowest BCUT2D eigenvalue weighted by atomic mass is 10.0. The zero-order valence-corrected chi connectivity index (χ0v) is 12.1. The van der Waals surface area contributed by atoms with E-state index in [1.807, 2.05) is 13.8 Å². The van der Waals surface area contributed by atoms with E-state index in [1.54, 1.807) is 0 Å². The fourth-order valence-corrected chi connectivity index (χ4v) is 1.32. The Kier molecular flexibility index (Phi) is 7.29. The van der Waals surface area contributed by atoms with Crippen LogP contribution in [0, 0.1) is 5.92 Å². The van der Waals surface area contributed by atoms with Gasteiger partial charge < -0.3 is 15.2 Å². The van der Waals surface area contributed by atoms with Gasteiger partial charge in [0.15, 0.2) is 11.9 Å². The molecule has 0 aromatic rings. The smallest absolute Gasteiger partial charge is 0.329 e. The first-order chi connectivity index (χ1) is 8.65. The predicted molar refractivity (Wildman–Crippen MR) is 69.3 cm³/mol. The lowest BCUT2D eigenvalue weighted by Crippen LogP contribution is -2.47. The van der Waals surface area contributed by atoms with Crippen LogP contribution in [-0.2, 0) is 19.1 Å². The van der Waals surface area contributed by atoms with E-state index in [9.17, 15) is 14.4 Å². The quantitative estimate of drug-likeness (QED) is 0.656. The van der Waals surface area contributed by atoms with E-state index in [4.69, 9.17) is 9.84 Å². The van der Waals surface area contributed by atoms with Gasteiger partial charge in [0.25, 0.3) is 0 Å². The van der Waals surface area contributed by atoms with Crippen molar-refractivity contribution in [2.75, 3.05) is 0 Å². The first-order valence-corrected chi connectivity index (χ1v) is 6.34. The number of nitrogens with one attached hydrogen (secondary N) is 1. The largest absolute Gasteiger partial charge is 0.453 e. The van der Waals surface area contributed by atoms with Crippen LogP contribution in [-0.4, -0.2) is 41.0 Å². The Balaban J connectivity index is 4.69. The van der Waals surface area contributed by atoms with E-state index in [2.05, 4.69) is 5.32 Å². The van der Waals surface area contributed by atoms with Crippen molar-refractivity contribution >= 4 is 17.7 Å². The highest BCUT2D eigenvalue weighted by molar-refractivity contribution is 5.88. The summed E-state index contributed by atoms with van der Waals surface area (Å²) >= 11 is 0. The maximum absolute atomic E-state index is 11.9. The molecule has 6 heteroatoms. The molecule has 110 valence electrons. The number of carbonyl (C=O) groups is 3. The molecule has 0 aromatic heterocycles. The zero-order valence-electron chi connectivity index (χ0n) is 12.1. The van der Waals surface area contributed by atoms with Crippen molar-refractivity contribution in [2.24, 2.45) is 5.92 Å². The summed E-state index contributed by atoms with van der Waals surface area (Å²) in [6.45, 7) is 7.89. The van der Waals surface area contributed by atoms with Crippen LogP contribution in [0.25, 0.3) is 0 Å². The Labute approximate surface area is 113 Å². The predicted octanol–water partition coefficient (Wildman–Crippen LogP) is 0.419. The standard InChI is InChI=1S/C13H23NO5/c1-7(2)6-11(14-12(17)9(4)16)13(18)19-10(5)8(3)15/h7,9-11,16H,6H2,1-5H3,(H,14,17)/t9-,10-,11-/m0/s1. The molecule has 1 amide bonds. The number of ether oxygens (including phenoxy) is 1. The van der Waals surface area contributed by atoms with Gasteiger partial charge in [-0.1, -0.05) is 13.8 Å². The van der Waals surface area contributed by atoms with Crippen LogP contribution in [0.15, 0.2) is 0 Å². The summed E-state index contributed by atoms with van der Waals surface area (Å²) in [7, 11) is 0. The lowest BCUT2D eigenvalue weighted by Gasteiger charge is -2.21. The van der Waals surface area contributed by atoms with E-state index < -0.39 is 30.1 Å². The van der Waals surface area contributed by atoms with Crippen molar-refractivity contribution in [2.45, 2.75) is 59.3 Å². The van der Waals surface area contributed by atoms with E-state index in [0.717, 1.165) is 0 Å². The molecule has 0 saturated carbocycles. The zero-order chi connectivity index (χ0) is 15.2. The molecule has 0 spiro atoms. The van der Waals surface area contributed by atoms with Gasteiger partial charge in [-0.25, -0.2) is 4.79 Å². The maximum Gasteiger partial charge on any atom is 0.329 e. The number of carbonyl (C=O) groups excluding carboxylic acids is 3. The maximum atomic E-state index is 11.9. The number of amides is 1. The van der Waals surface area contributed by atoms with Crippen LogP contribution in [0.4, 0.5) is 0 Å². The average Bonchev–Trinajstić information content (AvgIpc) is 2.26. The highest BCUT2D eigenvalue weighted by atomic mass is 16.5. The number of aliphatic hydroxyl groups is 1. The molecule has 0 aliphatic rings. The van der Waals surface area contributed by atoms with Gasteiger partial charge in [-0.15, -0.1) is 0 Å². The molecule has 3 atom stereocenters. The SMILES string of the molecule is CC(=O)[C@H](C)OC(=O)[C@H](CC(C)C)NC(=O)[C@H](C)O. The molecule has 0 heterocycles. The van der Waals surface area contributed by atoms with E-state index in [0.29, 0.717) is 6.42 Å². The molecule has 0 aliphatic carbocycles. The van der Waals surface area contributed by atoms with Gasteiger partial charge in [-0.3, -0.25) is 9.59 Å². The molecular weight excluding hydrogens is 250 g/mol. The van der Waals surface area contributed by atoms with Crippen LogP contribution >= 0.6 is 0 Å². The lowest BCUT2D eigenvalue weighted by molar-refractivity contribution is -0.157. The minimum Gasteiger partial charge on any atom is -0.453 e. The number of hydrogen-bond donors (Lipinski definition) is 2. The molecule has 0 aromatic carbocycles. The molecular formula is C13H23NO5. The molecule has 2 N–H and O–H groups in total. The monoisotopic (exact) mass is 273 g/mol. The van der Waals surface area contributed by atoms with E-state index >= 15 is 0 Å². The van der Waals surface area contributed by atoms with Crippen LogP contribution in [0.5, 0.6) is 0 Å². The van der Waals surface area contributed by atoms with E-state index in [1.165, 1.54) is 20.8 Å². The Morgan fingerprint density at radius 3 is 2.05 bits per heavy atom. The number of aliphatic hydroxyl groups excluding tert-OH is 1. The molecule has 0 bridgehead atoms. The Morgan fingerprint density at radius 2 is 1.68 bits per heavy atom. The summed E-state index contributed by atoms with van der Waals surface area (Å²) in [6.07, 6.45) is -1.67. The fourth-order valence-electron chi connectivity index (χ4n) is 1.32. The third kappa shape index (κ3) is 6.91. The van der Waals surface area contributed by atoms with Gasteiger partial charge in [0.2, 0.25) is 5.91 Å². The van der Waals surface area contributed by atoms with Crippen molar-refractivity contribution < 1.29 is 24.2 Å². The van der Waals surface area contributed by atoms with Crippen molar-refractivity contribution in [3.8, 4) is 0 Å². The summed E-state index contributed by atoms with van der Waals surface area (Å²) in [6, 6.07) is -0.858. The van der Waals surface area contributed by atoms with Crippen LogP contribution in [0.3, 0.4) is 0 Å². The average molecular weight is 273 g/mol. The summed E-state index contributed by atoms with van der Waals surface area (Å²) in [5, 5.41) is 11.6. The topological polar surface area (TPSA) is 92.7 Å². The first kappa shape index (κ1) is 17.6. The van der Waals surface area contributed by atoms with Crippen LogP contribution < -0.4 is 5.32 Å². The van der Waals surface area contributed by atoms with Crippen molar-refractivity contribution in [1.29, 1.82) is 0 Å². The molecule has 0 saturated heterocycles. The fraction of sp³-hybridized carbons (Fsp3) is 0.769. The Hall–Kier alpha value is -1.43. The van der Waals surface area contributed by atoms with Gasteiger partial charge in [0.05, 0.1) is 0 Å². The van der Waals surface area contributed by atoms with Crippen LogP contribution in [0.1, 0.15) is 41.0 Å². The molecule has 0 radical (unpaired) electrons. The molecule has 6 nitrogen and oxygen atoms in total. The molecule has 0 fully saturated rings. The minimum absolute atomic E-state index is 0.152. The van der Waals surface area contributed by atoms with Gasteiger partial charge in [-0.05, 0) is 33.1 Å². The second-order valence-corrected chi connectivity index (χ2v) is 5.06. The number of hydrogen-bond acceptors (Lipinski definition) is 5. The van der Waals surface area contributed by atoms with Gasteiger partial charge in [0, 0.05) is 0 Å². The number of esters is 1. The van der Waals surface area contributed by atoms with Crippen LogP contribution in [0.2, 0.25) is 0 Å². The summed E-state index contributed by atoms with van der Waals surface area (Å²) in [5.41, 5.74) is 0. The third-order valence-corrected chi connectivity index (χ3v) is 2.55. The first-order valence-electron chi connectivity index (χ1n) is 6.34. The second-order valence-electron chi connectivity index (χ2n) is 5.06. The van der Waals surface area contributed by atoms with Gasteiger partial charge >= 0.3 is 5.97 Å².